The molecule has 156 valence electrons. The maximum Gasteiger partial charge on any atom is 0.275 e. The van der Waals surface area contributed by atoms with Crippen molar-refractivity contribution in [2.24, 2.45) is 0 Å². The molecule has 0 unspecified atom stereocenters. The summed E-state index contributed by atoms with van der Waals surface area (Å²) in [5.74, 6) is 1.04. The molecule has 3 N–H and O–H groups in total. The molecular weight excluding hydrogens is 362 g/mol. The number of aryl methyl sites for hydroxylation is 2. The lowest BCUT2D eigenvalue weighted by molar-refractivity contribution is -1.02. The van der Waals surface area contributed by atoms with Crippen molar-refractivity contribution < 1.29 is 19.3 Å². The van der Waals surface area contributed by atoms with E-state index < -0.39 is 0 Å². The summed E-state index contributed by atoms with van der Waals surface area (Å²) in [6.07, 6.45) is 0. The summed E-state index contributed by atoms with van der Waals surface area (Å²) >= 11 is 0. The molecule has 1 aliphatic rings. The predicted octanol–water partition coefficient (Wildman–Crippen LogP) is 0.473. The molecule has 1 fully saturated rings. The summed E-state index contributed by atoms with van der Waals surface area (Å²) in [4.78, 5) is 15.5. The fourth-order valence-electron chi connectivity index (χ4n) is 3.98. The van der Waals surface area contributed by atoms with Gasteiger partial charge in [0.1, 0.15) is 38.5 Å². The van der Waals surface area contributed by atoms with Crippen LogP contribution >= 0.6 is 0 Å². The lowest BCUT2D eigenvalue weighted by Gasteiger charge is -2.29. The SMILES string of the molecule is COc1ccc(C[NH+]2CC[NH+](CC(=O)N[C@@H](C)c3ccc(C)c(C)c3)CC2)cc1. The highest BCUT2D eigenvalue weighted by atomic mass is 16.5. The third-order valence-electron chi connectivity index (χ3n) is 6.10. The molecule has 1 atom stereocenters. The Balaban J connectivity index is 1.42. The summed E-state index contributed by atoms with van der Waals surface area (Å²) < 4.78 is 5.23. The van der Waals surface area contributed by atoms with Gasteiger partial charge in [0.05, 0.1) is 13.2 Å². The van der Waals surface area contributed by atoms with Crippen LogP contribution in [0.15, 0.2) is 42.5 Å². The molecule has 29 heavy (non-hydrogen) atoms. The van der Waals surface area contributed by atoms with Crippen LogP contribution in [0.1, 0.15) is 35.2 Å². The van der Waals surface area contributed by atoms with E-state index in [1.54, 1.807) is 12.0 Å². The molecule has 2 aromatic carbocycles. The molecule has 0 spiro atoms. The monoisotopic (exact) mass is 397 g/mol. The molecule has 0 saturated carbocycles. The van der Waals surface area contributed by atoms with Crippen molar-refractivity contribution in [3.63, 3.8) is 0 Å². The van der Waals surface area contributed by atoms with Gasteiger partial charge in [0, 0.05) is 5.56 Å². The lowest BCUT2D eigenvalue weighted by atomic mass is 10.0. The maximum absolute atomic E-state index is 12.5. The molecule has 0 aromatic heterocycles. The molecule has 1 saturated heterocycles. The molecule has 1 aliphatic heterocycles. The largest absolute Gasteiger partial charge is 0.497 e. The molecule has 5 heteroatoms. The number of methoxy groups -OCH3 is 1. The minimum atomic E-state index is 0.0446. The minimum absolute atomic E-state index is 0.0446. The summed E-state index contributed by atoms with van der Waals surface area (Å²) in [6, 6.07) is 14.8. The van der Waals surface area contributed by atoms with Crippen molar-refractivity contribution in [1.82, 2.24) is 5.32 Å². The van der Waals surface area contributed by atoms with Crippen LogP contribution in [0.4, 0.5) is 0 Å². The first-order chi connectivity index (χ1) is 13.9. The summed E-state index contributed by atoms with van der Waals surface area (Å²) in [7, 11) is 1.70. The number of rotatable bonds is 7. The Bertz CT molecular complexity index is 811. The quantitative estimate of drug-likeness (QED) is 0.636. The second kappa shape index (κ2) is 9.90. The number of nitrogens with one attached hydrogen (secondary N) is 3. The zero-order valence-electron chi connectivity index (χ0n) is 18.2. The van der Waals surface area contributed by atoms with Crippen molar-refractivity contribution >= 4 is 5.91 Å². The Morgan fingerprint density at radius 2 is 1.66 bits per heavy atom. The first-order valence-electron chi connectivity index (χ1n) is 10.6. The number of hydrogen-bond acceptors (Lipinski definition) is 2. The van der Waals surface area contributed by atoms with Crippen LogP contribution in [-0.4, -0.2) is 45.7 Å². The van der Waals surface area contributed by atoms with E-state index in [0.29, 0.717) is 6.54 Å². The standard InChI is InChI=1S/C24H33N3O2/c1-18-5-8-22(15-19(18)2)20(3)25-24(28)17-27-13-11-26(12-14-27)16-21-6-9-23(29-4)10-7-21/h5-10,15,20H,11-14,16-17H2,1-4H3,(H,25,28)/p+2/t20-/m0/s1. The Kier molecular flexibility index (Phi) is 7.29. The van der Waals surface area contributed by atoms with E-state index in [2.05, 4.69) is 56.4 Å². The topological polar surface area (TPSA) is 47.2 Å². The summed E-state index contributed by atoms with van der Waals surface area (Å²) in [6.45, 7) is 12.2. The minimum Gasteiger partial charge on any atom is -0.497 e. The van der Waals surface area contributed by atoms with Crippen molar-refractivity contribution in [2.75, 3.05) is 39.8 Å². The third kappa shape index (κ3) is 6.05. The van der Waals surface area contributed by atoms with Crippen LogP contribution in [-0.2, 0) is 11.3 Å². The predicted molar refractivity (Wildman–Crippen MR) is 115 cm³/mol. The van der Waals surface area contributed by atoms with E-state index in [-0.39, 0.29) is 11.9 Å². The van der Waals surface area contributed by atoms with Gasteiger partial charge in [-0.05, 0) is 61.7 Å². The number of benzene rings is 2. The van der Waals surface area contributed by atoms with E-state index in [9.17, 15) is 4.79 Å². The van der Waals surface area contributed by atoms with Crippen LogP contribution in [0.5, 0.6) is 5.75 Å². The fraction of sp³-hybridized carbons (Fsp3) is 0.458. The fourth-order valence-corrected chi connectivity index (χ4v) is 3.98. The van der Waals surface area contributed by atoms with Crippen LogP contribution < -0.4 is 19.9 Å². The molecule has 2 aromatic rings. The first kappa shape index (κ1) is 21.3. The van der Waals surface area contributed by atoms with E-state index in [0.717, 1.165) is 38.5 Å². The van der Waals surface area contributed by atoms with Gasteiger partial charge in [0.25, 0.3) is 5.91 Å². The zero-order valence-corrected chi connectivity index (χ0v) is 18.2. The van der Waals surface area contributed by atoms with Crippen LogP contribution in [0.2, 0.25) is 0 Å². The Morgan fingerprint density at radius 1 is 1.00 bits per heavy atom. The first-order valence-corrected chi connectivity index (χ1v) is 10.6. The molecule has 3 rings (SSSR count). The average molecular weight is 398 g/mol. The van der Waals surface area contributed by atoms with Gasteiger partial charge in [-0.1, -0.05) is 18.2 Å². The van der Waals surface area contributed by atoms with Gasteiger partial charge in [-0.25, -0.2) is 0 Å². The molecular formula is C24H35N3O2+2. The number of carbonyl (C=O) groups is 1. The molecule has 1 amide bonds. The van der Waals surface area contributed by atoms with Crippen molar-refractivity contribution in [2.45, 2.75) is 33.4 Å². The van der Waals surface area contributed by atoms with E-state index in [1.807, 2.05) is 12.1 Å². The molecule has 0 aliphatic carbocycles. The smallest absolute Gasteiger partial charge is 0.275 e. The van der Waals surface area contributed by atoms with Gasteiger partial charge >= 0.3 is 0 Å². The number of amides is 1. The van der Waals surface area contributed by atoms with E-state index in [1.165, 1.54) is 27.2 Å². The highest BCUT2D eigenvalue weighted by Gasteiger charge is 2.25. The Hall–Kier alpha value is -2.37. The molecule has 1 heterocycles. The Labute approximate surface area is 174 Å². The van der Waals surface area contributed by atoms with E-state index >= 15 is 0 Å². The number of carbonyl (C=O) groups excluding carboxylic acids is 1. The number of quaternary nitrogens is 2. The van der Waals surface area contributed by atoms with Gasteiger partial charge in [0.15, 0.2) is 6.54 Å². The Morgan fingerprint density at radius 3 is 2.28 bits per heavy atom. The molecule has 0 radical (unpaired) electrons. The average Bonchev–Trinajstić information content (AvgIpc) is 2.72. The van der Waals surface area contributed by atoms with E-state index in [4.69, 9.17) is 4.74 Å². The summed E-state index contributed by atoms with van der Waals surface area (Å²) in [5, 5.41) is 3.17. The molecule has 5 nitrogen and oxygen atoms in total. The molecule has 0 bridgehead atoms. The second-order valence-electron chi connectivity index (χ2n) is 8.33. The van der Waals surface area contributed by atoms with Gasteiger partial charge in [-0.3, -0.25) is 4.79 Å². The summed E-state index contributed by atoms with van der Waals surface area (Å²) in [5.41, 5.74) is 5.06. The van der Waals surface area contributed by atoms with Crippen molar-refractivity contribution in [3.8, 4) is 5.75 Å². The highest BCUT2D eigenvalue weighted by molar-refractivity contribution is 5.77. The normalized spacial score (nSPS) is 20.1. The number of piperazine rings is 1. The van der Waals surface area contributed by atoms with Crippen molar-refractivity contribution in [1.29, 1.82) is 0 Å². The lowest BCUT2D eigenvalue weighted by Crippen LogP contribution is -3.28. The van der Waals surface area contributed by atoms with Crippen LogP contribution in [0.3, 0.4) is 0 Å². The van der Waals surface area contributed by atoms with Crippen LogP contribution in [0.25, 0.3) is 0 Å². The highest BCUT2D eigenvalue weighted by Crippen LogP contribution is 2.16. The number of hydrogen-bond donors (Lipinski definition) is 3. The van der Waals surface area contributed by atoms with Gasteiger partial charge in [-0.15, -0.1) is 0 Å². The van der Waals surface area contributed by atoms with Gasteiger partial charge in [0.2, 0.25) is 0 Å². The van der Waals surface area contributed by atoms with Crippen LogP contribution in [0, 0.1) is 13.8 Å². The third-order valence-corrected chi connectivity index (χ3v) is 6.10. The maximum atomic E-state index is 12.5. The van der Waals surface area contributed by atoms with Gasteiger partial charge < -0.3 is 19.9 Å². The number of ether oxygens (including phenoxy) is 1. The second-order valence-corrected chi connectivity index (χ2v) is 8.33. The zero-order chi connectivity index (χ0) is 20.8. The van der Waals surface area contributed by atoms with Crippen molar-refractivity contribution in [3.05, 3.63) is 64.7 Å². The van der Waals surface area contributed by atoms with Gasteiger partial charge in [-0.2, -0.15) is 0 Å².